The van der Waals surface area contributed by atoms with Crippen molar-refractivity contribution in [3.8, 4) is 23.0 Å². The Balaban J connectivity index is 1.43. The molecule has 0 saturated carbocycles. The number of esters is 1. The Morgan fingerprint density at radius 2 is 1.59 bits per heavy atom. The lowest BCUT2D eigenvalue weighted by Gasteiger charge is -2.08. The Labute approximate surface area is 160 Å². The van der Waals surface area contributed by atoms with E-state index in [1.165, 1.54) is 32.1 Å². The van der Waals surface area contributed by atoms with Gasteiger partial charge in [0.15, 0.2) is 11.5 Å². The Morgan fingerprint density at radius 1 is 0.889 bits per heavy atom. The Morgan fingerprint density at radius 3 is 2.41 bits per heavy atom. The van der Waals surface area contributed by atoms with E-state index in [4.69, 9.17) is 18.9 Å². The second-order valence-corrected chi connectivity index (χ2v) is 6.55. The van der Waals surface area contributed by atoms with Crippen molar-refractivity contribution in [2.24, 2.45) is 0 Å². The molecule has 3 rings (SSSR count). The molecule has 1 heterocycles. The smallest absolute Gasteiger partial charge is 0.343 e. The lowest BCUT2D eigenvalue weighted by atomic mass is 10.1. The van der Waals surface area contributed by atoms with Crippen LogP contribution in [0.1, 0.15) is 55.8 Å². The quantitative estimate of drug-likeness (QED) is 0.319. The van der Waals surface area contributed by atoms with Crippen LogP contribution in [0.2, 0.25) is 0 Å². The van der Waals surface area contributed by atoms with Crippen molar-refractivity contribution < 1.29 is 23.7 Å². The van der Waals surface area contributed by atoms with Gasteiger partial charge in [-0.1, -0.05) is 39.0 Å². The van der Waals surface area contributed by atoms with Gasteiger partial charge in [0, 0.05) is 0 Å². The highest BCUT2D eigenvalue weighted by atomic mass is 16.7. The maximum absolute atomic E-state index is 12.3. The number of rotatable bonds is 10. The standard InChI is InChI=1S/C22H26O5/c1-2-3-4-5-6-7-14-24-18-9-11-19(12-10-18)27-22(23)17-8-13-20-21(15-17)26-16-25-20/h8-13,15H,2-7,14,16H2,1H3. The zero-order valence-electron chi connectivity index (χ0n) is 15.7. The van der Waals surface area contributed by atoms with Crippen molar-refractivity contribution in [1.82, 2.24) is 0 Å². The van der Waals surface area contributed by atoms with E-state index in [0.29, 0.717) is 29.4 Å². The molecule has 27 heavy (non-hydrogen) atoms. The van der Waals surface area contributed by atoms with Gasteiger partial charge in [-0.2, -0.15) is 0 Å². The molecule has 0 fully saturated rings. The van der Waals surface area contributed by atoms with Crippen LogP contribution in [0.15, 0.2) is 42.5 Å². The van der Waals surface area contributed by atoms with Gasteiger partial charge in [0.25, 0.3) is 0 Å². The average molecular weight is 370 g/mol. The zero-order valence-corrected chi connectivity index (χ0v) is 15.7. The van der Waals surface area contributed by atoms with Gasteiger partial charge in [0.2, 0.25) is 6.79 Å². The van der Waals surface area contributed by atoms with Crippen molar-refractivity contribution in [3.63, 3.8) is 0 Å². The second kappa shape index (κ2) is 9.86. The van der Waals surface area contributed by atoms with Crippen LogP contribution in [0.4, 0.5) is 0 Å². The summed E-state index contributed by atoms with van der Waals surface area (Å²) in [5.41, 5.74) is 0.419. The van der Waals surface area contributed by atoms with Crippen LogP contribution in [-0.2, 0) is 0 Å². The second-order valence-electron chi connectivity index (χ2n) is 6.55. The van der Waals surface area contributed by atoms with Gasteiger partial charge in [0.1, 0.15) is 11.5 Å². The molecule has 144 valence electrons. The molecular weight excluding hydrogens is 344 g/mol. The molecule has 5 heteroatoms. The minimum atomic E-state index is -0.436. The van der Waals surface area contributed by atoms with Crippen LogP contribution in [0, 0.1) is 0 Å². The third kappa shape index (κ3) is 5.64. The first kappa shape index (κ1) is 19.1. The molecule has 0 atom stereocenters. The number of ether oxygens (including phenoxy) is 4. The summed E-state index contributed by atoms with van der Waals surface area (Å²) in [6, 6.07) is 12.1. The first-order valence-electron chi connectivity index (χ1n) is 9.61. The molecule has 2 aromatic carbocycles. The fourth-order valence-corrected chi connectivity index (χ4v) is 2.87. The summed E-state index contributed by atoms with van der Waals surface area (Å²) >= 11 is 0. The van der Waals surface area contributed by atoms with Gasteiger partial charge in [-0.05, 0) is 48.9 Å². The molecule has 0 aliphatic carbocycles. The average Bonchev–Trinajstić information content (AvgIpc) is 3.16. The third-order valence-corrected chi connectivity index (χ3v) is 4.41. The van der Waals surface area contributed by atoms with Gasteiger partial charge in [0.05, 0.1) is 12.2 Å². The van der Waals surface area contributed by atoms with Gasteiger partial charge < -0.3 is 18.9 Å². The molecule has 5 nitrogen and oxygen atoms in total. The Hall–Kier alpha value is -2.69. The van der Waals surface area contributed by atoms with E-state index in [9.17, 15) is 4.79 Å². The number of carbonyl (C=O) groups is 1. The van der Waals surface area contributed by atoms with E-state index < -0.39 is 5.97 Å². The molecule has 0 radical (unpaired) electrons. The van der Waals surface area contributed by atoms with Crippen LogP contribution in [-0.4, -0.2) is 19.4 Å². The number of fused-ring (bicyclic) bond motifs is 1. The highest BCUT2D eigenvalue weighted by Gasteiger charge is 2.17. The minimum absolute atomic E-state index is 0.175. The summed E-state index contributed by atoms with van der Waals surface area (Å²) in [6.07, 6.45) is 7.41. The van der Waals surface area contributed by atoms with Crippen LogP contribution < -0.4 is 18.9 Å². The molecule has 0 N–H and O–H groups in total. The molecule has 0 aromatic heterocycles. The molecule has 1 aliphatic heterocycles. The van der Waals surface area contributed by atoms with Gasteiger partial charge >= 0.3 is 5.97 Å². The summed E-state index contributed by atoms with van der Waals surface area (Å²) in [4.78, 5) is 12.3. The first-order valence-corrected chi connectivity index (χ1v) is 9.61. The first-order chi connectivity index (χ1) is 13.3. The summed E-state index contributed by atoms with van der Waals surface area (Å²) in [5, 5.41) is 0. The van der Waals surface area contributed by atoms with Crippen molar-refractivity contribution in [1.29, 1.82) is 0 Å². The fraction of sp³-hybridized carbons (Fsp3) is 0.409. The predicted molar refractivity (Wildman–Crippen MR) is 103 cm³/mol. The summed E-state index contributed by atoms with van der Waals surface area (Å²) in [6.45, 7) is 3.11. The number of benzene rings is 2. The number of hydrogen-bond donors (Lipinski definition) is 0. The number of unbranched alkanes of at least 4 members (excludes halogenated alkanes) is 5. The highest BCUT2D eigenvalue weighted by molar-refractivity contribution is 5.91. The molecular formula is C22H26O5. The van der Waals surface area contributed by atoms with Crippen molar-refractivity contribution in [2.75, 3.05) is 13.4 Å². The maximum Gasteiger partial charge on any atom is 0.343 e. The lowest BCUT2D eigenvalue weighted by Crippen LogP contribution is -2.08. The van der Waals surface area contributed by atoms with E-state index >= 15 is 0 Å². The van der Waals surface area contributed by atoms with E-state index in [0.717, 1.165) is 12.2 Å². The SMILES string of the molecule is CCCCCCCCOc1ccc(OC(=O)c2ccc3c(c2)OCO3)cc1. The summed E-state index contributed by atoms with van der Waals surface area (Å²) in [7, 11) is 0. The van der Waals surface area contributed by atoms with Crippen LogP contribution in [0.5, 0.6) is 23.0 Å². The van der Waals surface area contributed by atoms with Crippen LogP contribution in [0.3, 0.4) is 0 Å². The molecule has 1 aliphatic rings. The lowest BCUT2D eigenvalue weighted by molar-refractivity contribution is 0.0734. The minimum Gasteiger partial charge on any atom is -0.494 e. The number of hydrogen-bond acceptors (Lipinski definition) is 5. The molecule has 0 bridgehead atoms. The fourth-order valence-electron chi connectivity index (χ4n) is 2.87. The van der Waals surface area contributed by atoms with E-state index in [2.05, 4.69) is 6.92 Å². The van der Waals surface area contributed by atoms with Gasteiger partial charge in [-0.25, -0.2) is 4.79 Å². The summed E-state index contributed by atoms with van der Waals surface area (Å²) in [5.74, 6) is 2.02. The Kier molecular flexibility index (Phi) is 6.97. The topological polar surface area (TPSA) is 54.0 Å². The normalized spacial score (nSPS) is 12.0. The van der Waals surface area contributed by atoms with Crippen molar-refractivity contribution >= 4 is 5.97 Å². The molecule has 0 unspecified atom stereocenters. The van der Waals surface area contributed by atoms with Crippen molar-refractivity contribution in [3.05, 3.63) is 48.0 Å². The maximum atomic E-state index is 12.3. The number of carbonyl (C=O) groups excluding carboxylic acids is 1. The molecule has 0 amide bonds. The Bertz CT molecular complexity index is 739. The molecule has 0 spiro atoms. The van der Waals surface area contributed by atoms with Gasteiger partial charge in [-0.15, -0.1) is 0 Å². The van der Waals surface area contributed by atoms with E-state index in [1.54, 1.807) is 30.3 Å². The monoisotopic (exact) mass is 370 g/mol. The highest BCUT2D eigenvalue weighted by Crippen LogP contribution is 2.32. The largest absolute Gasteiger partial charge is 0.494 e. The van der Waals surface area contributed by atoms with Gasteiger partial charge in [-0.3, -0.25) is 0 Å². The van der Waals surface area contributed by atoms with E-state index in [1.807, 2.05) is 12.1 Å². The van der Waals surface area contributed by atoms with Crippen molar-refractivity contribution in [2.45, 2.75) is 45.4 Å². The van der Waals surface area contributed by atoms with Crippen LogP contribution in [0.25, 0.3) is 0 Å². The molecule has 2 aromatic rings. The summed E-state index contributed by atoms with van der Waals surface area (Å²) < 4.78 is 21.7. The molecule has 0 saturated heterocycles. The van der Waals surface area contributed by atoms with Crippen LogP contribution >= 0.6 is 0 Å². The predicted octanol–water partition coefficient (Wildman–Crippen LogP) is 5.37. The van der Waals surface area contributed by atoms with E-state index in [-0.39, 0.29) is 6.79 Å². The third-order valence-electron chi connectivity index (χ3n) is 4.41. The zero-order chi connectivity index (χ0) is 18.9.